The Bertz CT molecular complexity index is 1530. The van der Waals surface area contributed by atoms with Gasteiger partial charge in [-0.05, 0) is 84.2 Å². The van der Waals surface area contributed by atoms with Crippen molar-refractivity contribution in [1.29, 1.82) is 0 Å². The van der Waals surface area contributed by atoms with Gasteiger partial charge < -0.3 is 14.6 Å². The number of amides is 1. The first-order valence-electron chi connectivity index (χ1n) is 13.3. The van der Waals surface area contributed by atoms with Crippen LogP contribution in [0.1, 0.15) is 41.6 Å². The van der Waals surface area contributed by atoms with Crippen molar-refractivity contribution in [3.05, 3.63) is 89.1 Å². The lowest BCUT2D eigenvalue weighted by Gasteiger charge is -2.31. The van der Waals surface area contributed by atoms with Gasteiger partial charge in [-0.3, -0.25) is 9.69 Å². The molecule has 0 unspecified atom stereocenters. The average molecular weight is 559 g/mol. The third kappa shape index (κ3) is 5.81. The van der Waals surface area contributed by atoms with E-state index in [9.17, 15) is 14.7 Å². The number of aliphatic hydroxyl groups excluding tert-OH is 1. The molecular weight excluding hydrogens is 528 g/mol. The number of halogens is 1. The molecule has 8 heteroatoms. The molecule has 40 heavy (non-hydrogen) atoms. The standard InChI is InChI=1S/C32H31ClN2O5/c1-39-29-14-10-23(18-28(29)33)21-5-3-20(4-6-21)19-35(31(37)22-7-11-26(36)12-8-22)30-27-13-9-25(32(38)40-2)17-24(27)15-16-34-30/h3-6,9-10,13-18,22,26,36H,7-8,11-12,19H2,1-2H3. The molecule has 1 aromatic heterocycles. The summed E-state index contributed by atoms with van der Waals surface area (Å²) in [4.78, 5) is 32.4. The number of pyridine rings is 1. The van der Waals surface area contributed by atoms with E-state index < -0.39 is 5.97 Å². The number of benzene rings is 3. The van der Waals surface area contributed by atoms with Gasteiger partial charge in [-0.15, -0.1) is 0 Å². The Balaban J connectivity index is 1.49. The van der Waals surface area contributed by atoms with Crippen molar-refractivity contribution in [2.24, 2.45) is 5.92 Å². The Morgan fingerprint density at radius 2 is 1.68 bits per heavy atom. The number of rotatable bonds is 7. The van der Waals surface area contributed by atoms with Crippen LogP contribution in [-0.2, 0) is 16.1 Å². The number of carbonyl (C=O) groups excluding carboxylic acids is 2. The van der Waals surface area contributed by atoms with Gasteiger partial charge in [0.15, 0.2) is 0 Å². The minimum absolute atomic E-state index is 0.0186. The molecule has 1 amide bonds. The Kier molecular flexibility index (Phi) is 8.33. The molecule has 4 aromatic rings. The van der Waals surface area contributed by atoms with Crippen molar-refractivity contribution in [2.45, 2.75) is 38.3 Å². The van der Waals surface area contributed by atoms with Crippen molar-refractivity contribution >= 4 is 40.1 Å². The number of hydrogen-bond acceptors (Lipinski definition) is 6. The van der Waals surface area contributed by atoms with Crippen LogP contribution in [-0.4, -0.2) is 42.3 Å². The van der Waals surface area contributed by atoms with Crippen LogP contribution >= 0.6 is 11.6 Å². The molecule has 1 aliphatic rings. The number of esters is 1. The van der Waals surface area contributed by atoms with E-state index in [4.69, 9.17) is 21.1 Å². The maximum Gasteiger partial charge on any atom is 0.337 e. The molecule has 0 bridgehead atoms. The molecule has 1 aliphatic carbocycles. The summed E-state index contributed by atoms with van der Waals surface area (Å²) in [5.41, 5.74) is 3.33. The fraction of sp³-hybridized carbons (Fsp3) is 0.281. The fourth-order valence-electron chi connectivity index (χ4n) is 5.25. The summed E-state index contributed by atoms with van der Waals surface area (Å²) in [6, 6.07) is 20.7. The van der Waals surface area contributed by atoms with Crippen LogP contribution in [0.5, 0.6) is 5.75 Å². The lowest BCUT2D eigenvalue weighted by Crippen LogP contribution is -2.38. The predicted octanol–water partition coefficient (Wildman–Crippen LogP) is 6.43. The third-order valence-electron chi connectivity index (χ3n) is 7.51. The third-order valence-corrected chi connectivity index (χ3v) is 7.81. The summed E-state index contributed by atoms with van der Waals surface area (Å²) in [6.07, 6.45) is 3.77. The largest absolute Gasteiger partial charge is 0.495 e. The van der Waals surface area contributed by atoms with E-state index >= 15 is 0 Å². The van der Waals surface area contributed by atoms with Crippen LogP contribution in [0.25, 0.3) is 21.9 Å². The Morgan fingerprint density at radius 3 is 2.35 bits per heavy atom. The molecule has 7 nitrogen and oxygen atoms in total. The van der Waals surface area contributed by atoms with Crippen molar-refractivity contribution in [1.82, 2.24) is 4.98 Å². The van der Waals surface area contributed by atoms with Gasteiger partial charge in [-0.25, -0.2) is 9.78 Å². The van der Waals surface area contributed by atoms with Gasteiger partial charge in [0.1, 0.15) is 11.6 Å². The van der Waals surface area contributed by atoms with E-state index in [1.165, 1.54) is 7.11 Å². The zero-order chi connectivity index (χ0) is 28.2. The lowest BCUT2D eigenvalue weighted by atomic mass is 9.86. The lowest BCUT2D eigenvalue weighted by molar-refractivity contribution is -0.124. The molecule has 1 N–H and O–H groups in total. The molecule has 0 aliphatic heterocycles. The number of ether oxygens (including phenoxy) is 2. The molecule has 0 spiro atoms. The van der Waals surface area contributed by atoms with E-state index in [1.807, 2.05) is 54.6 Å². The van der Waals surface area contributed by atoms with Crippen molar-refractivity contribution in [2.75, 3.05) is 19.1 Å². The van der Waals surface area contributed by atoms with Gasteiger partial charge in [0.25, 0.3) is 0 Å². The van der Waals surface area contributed by atoms with E-state index in [1.54, 1.807) is 30.3 Å². The summed E-state index contributed by atoms with van der Waals surface area (Å²) in [7, 11) is 2.93. The second kappa shape index (κ2) is 12.1. The van der Waals surface area contributed by atoms with E-state index in [2.05, 4.69) is 4.98 Å². The maximum absolute atomic E-state index is 14.0. The fourth-order valence-corrected chi connectivity index (χ4v) is 5.51. The van der Waals surface area contributed by atoms with Crippen LogP contribution in [0.15, 0.2) is 72.9 Å². The zero-order valence-corrected chi connectivity index (χ0v) is 23.2. The normalized spacial score (nSPS) is 16.9. The van der Waals surface area contributed by atoms with Crippen molar-refractivity contribution in [3.63, 3.8) is 0 Å². The molecule has 1 saturated carbocycles. The van der Waals surface area contributed by atoms with E-state index in [0.717, 1.165) is 27.5 Å². The highest BCUT2D eigenvalue weighted by molar-refractivity contribution is 6.32. The average Bonchev–Trinajstić information content (AvgIpc) is 2.99. The molecule has 3 aromatic carbocycles. The first-order valence-corrected chi connectivity index (χ1v) is 13.6. The van der Waals surface area contributed by atoms with Gasteiger partial charge in [-0.2, -0.15) is 0 Å². The Morgan fingerprint density at radius 1 is 0.950 bits per heavy atom. The number of aromatic nitrogens is 1. The summed E-state index contributed by atoms with van der Waals surface area (Å²) in [6.45, 7) is 0.326. The van der Waals surface area contributed by atoms with Crippen molar-refractivity contribution in [3.8, 4) is 16.9 Å². The Labute approximate surface area is 238 Å². The van der Waals surface area contributed by atoms with Crippen LogP contribution in [0.2, 0.25) is 5.02 Å². The first-order chi connectivity index (χ1) is 19.4. The predicted molar refractivity (Wildman–Crippen MR) is 156 cm³/mol. The smallest absolute Gasteiger partial charge is 0.337 e. The Hall–Kier alpha value is -3.94. The number of nitrogens with zero attached hydrogens (tertiary/aromatic N) is 2. The minimum atomic E-state index is -0.424. The number of methoxy groups -OCH3 is 2. The molecule has 0 atom stereocenters. The molecular formula is C32H31ClN2O5. The summed E-state index contributed by atoms with van der Waals surface area (Å²) >= 11 is 6.33. The quantitative estimate of drug-likeness (QED) is 0.263. The van der Waals surface area contributed by atoms with Crippen LogP contribution in [0.3, 0.4) is 0 Å². The molecule has 1 heterocycles. The number of hydrogen-bond donors (Lipinski definition) is 1. The minimum Gasteiger partial charge on any atom is -0.495 e. The highest BCUT2D eigenvalue weighted by Crippen LogP contribution is 2.33. The number of anilines is 1. The summed E-state index contributed by atoms with van der Waals surface area (Å²) in [5, 5.41) is 12.1. The first kappa shape index (κ1) is 27.6. The summed E-state index contributed by atoms with van der Waals surface area (Å²) in [5.74, 6) is 0.515. The second-order valence-corrected chi connectivity index (χ2v) is 10.4. The number of aliphatic hydroxyl groups is 1. The number of fused-ring (bicyclic) bond motifs is 1. The van der Waals surface area contributed by atoms with Gasteiger partial charge in [-0.1, -0.05) is 41.9 Å². The second-order valence-electron chi connectivity index (χ2n) is 10.0. The SMILES string of the molecule is COC(=O)c1ccc2c(N(Cc3ccc(-c4ccc(OC)c(Cl)c4)cc3)C(=O)C3CCC(O)CC3)nccc2c1. The molecule has 0 radical (unpaired) electrons. The van der Waals surface area contributed by atoms with Crippen LogP contribution < -0.4 is 9.64 Å². The van der Waals surface area contributed by atoms with E-state index in [0.29, 0.717) is 54.4 Å². The van der Waals surface area contributed by atoms with Gasteiger partial charge in [0.2, 0.25) is 5.91 Å². The topological polar surface area (TPSA) is 89.0 Å². The highest BCUT2D eigenvalue weighted by atomic mass is 35.5. The summed E-state index contributed by atoms with van der Waals surface area (Å²) < 4.78 is 10.1. The maximum atomic E-state index is 14.0. The highest BCUT2D eigenvalue weighted by Gasteiger charge is 2.31. The molecule has 5 rings (SSSR count). The van der Waals surface area contributed by atoms with Crippen LogP contribution in [0.4, 0.5) is 5.82 Å². The monoisotopic (exact) mass is 558 g/mol. The van der Waals surface area contributed by atoms with Gasteiger partial charge >= 0.3 is 5.97 Å². The molecule has 206 valence electrons. The van der Waals surface area contributed by atoms with Gasteiger partial charge in [0.05, 0.1) is 37.5 Å². The molecule has 1 fully saturated rings. The molecule has 0 saturated heterocycles. The van der Waals surface area contributed by atoms with Crippen LogP contribution in [0, 0.1) is 5.92 Å². The van der Waals surface area contributed by atoms with E-state index in [-0.39, 0.29) is 17.9 Å². The van der Waals surface area contributed by atoms with Gasteiger partial charge in [0, 0.05) is 17.5 Å². The zero-order valence-electron chi connectivity index (χ0n) is 22.5. The van der Waals surface area contributed by atoms with Crippen molar-refractivity contribution < 1.29 is 24.2 Å². The number of carbonyl (C=O) groups is 2.